The van der Waals surface area contributed by atoms with E-state index in [1.54, 1.807) is 39.0 Å². The van der Waals surface area contributed by atoms with E-state index in [0.717, 1.165) is 4.57 Å². The van der Waals surface area contributed by atoms with Gasteiger partial charge < -0.3 is 10.1 Å². The fraction of sp³-hybridized carbons (Fsp3) is 0.391. The molecule has 0 radical (unpaired) electrons. The van der Waals surface area contributed by atoms with Crippen LogP contribution in [0.1, 0.15) is 49.5 Å². The molecule has 0 spiro atoms. The molecule has 1 N–H and O–H groups in total. The van der Waals surface area contributed by atoms with Crippen LogP contribution in [0.25, 0.3) is 11.0 Å². The summed E-state index contributed by atoms with van der Waals surface area (Å²) in [5.74, 6) is -0.592. The first-order valence-corrected chi connectivity index (χ1v) is 12.3. The smallest absolute Gasteiger partial charge is 0.320 e. The zero-order valence-corrected chi connectivity index (χ0v) is 19.8. The molecule has 1 amide bonds. The fourth-order valence-corrected chi connectivity index (χ4v) is 5.83. The number of hydrogen-bond acceptors (Lipinski definition) is 5. The molecule has 3 atom stereocenters. The third-order valence-electron chi connectivity index (χ3n) is 5.67. The molecule has 1 aliphatic rings. The third kappa shape index (κ3) is 4.68. The van der Waals surface area contributed by atoms with E-state index in [9.17, 15) is 22.0 Å². The zero-order valence-electron chi connectivity index (χ0n) is 19.0. The number of amides is 1. The summed E-state index contributed by atoms with van der Waals surface area (Å²) >= 11 is 0. The molecule has 11 heteroatoms. The first-order chi connectivity index (χ1) is 16.1. The average Bonchev–Trinajstić information content (AvgIpc) is 3.18. The molecule has 0 saturated carbocycles. The maximum absolute atomic E-state index is 13.8. The number of morpholine rings is 1. The number of nitrogens with zero attached hydrogens (tertiary/aromatic N) is 3. The van der Waals surface area contributed by atoms with Crippen LogP contribution in [0.3, 0.4) is 0 Å². The second-order valence-corrected chi connectivity index (χ2v) is 10.3. The number of carbonyl (C=O) groups excluding carboxylic acids is 1. The first-order valence-electron chi connectivity index (χ1n) is 10.9. The molecule has 3 unspecified atom stereocenters. The van der Waals surface area contributed by atoms with E-state index in [2.05, 4.69) is 10.3 Å². The van der Waals surface area contributed by atoms with Gasteiger partial charge in [0.25, 0.3) is 5.91 Å². The largest absolute Gasteiger partial charge is 0.373 e. The highest BCUT2D eigenvalue weighted by molar-refractivity contribution is 7.89. The number of hydrogen-bond donors (Lipinski definition) is 1. The van der Waals surface area contributed by atoms with E-state index in [0.29, 0.717) is 5.52 Å². The monoisotopic (exact) mass is 492 g/mol. The van der Waals surface area contributed by atoms with Gasteiger partial charge in [0.2, 0.25) is 10.0 Å². The molecule has 1 fully saturated rings. The number of aromatic nitrogens is 2. The molecular weight excluding hydrogens is 466 g/mol. The van der Waals surface area contributed by atoms with Crippen LogP contribution in [0, 0.1) is 0 Å². The normalized spacial score (nSPS) is 20.5. The predicted octanol–water partition coefficient (Wildman–Crippen LogP) is 3.72. The van der Waals surface area contributed by atoms with Gasteiger partial charge in [0, 0.05) is 18.7 Å². The van der Waals surface area contributed by atoms with Gasteiger partial charge in [0.1, 0.15) is 5.82 Å². The lowest BCUT2D eigenvalue weighted by atomic mass is 10.2. The maximum Gasteiger partial charge on any atom is 0.320 e. The topological polar surface area (TPSA) is 93.5 Å². The summed E-state index contributed by atoms with van der Waals surface area (Å²) in [6, 6.07) is 11.3. The van der Waals surface area contributed by atoms with Crippen molar-refractivity contribution in [3.8, 4) is 0 Å². The van der Waals surface area contributed by atoms with Gasteiger partial charge in [-0.15, -0.1) is 0 Å². The number of halogens is 2. The molecule has 2 aromatic carbocycles. The molecule has 1 aromatic heterocycles. The highest BCUT2D eigenvalue weighted by Gasteiger charge is 2.32. The Hall–Kier alpha value is -2.89. The second-order valence-electron chi connectivity index (χ2n) is 8.41. The second kappa shape index (κ2) is 9.40. The van der Waals surface area contributed by atoms with Crippen LogP contribution >= 0.6 is 0 Å². The summed E-state index contributed by atoms with van der Waals surface area (Å²) in [5, 5.41) is 2.66. The Morgan fingerprint density at radius 1 is 1.12 bits per heavy atom. The van der Waals surface area contributed by atoms with Crippen LogP contribution in [0.15, 0.2) is 53.4 Å². The van der Waals surface area contributed by atoms with Crippen LogP contribution in [0.4, 0.5) is 8.78 Å². The summed E-state index contributed by atoms with van der Waals surface area (Å²) < 4.78 is 61.6. The van der Waals surface area contributed by atoms with E-state index in [4.69, 9.17) is 4.74 Å². The molecule has 182 valence electrons. The average molecular weight is 493 g/mol. The molecule has 1 aliphatic heterocycles. The highest BCUT2D eigenvalue weighted by Crippen LogP contribution is 2.27. The van der Waals surface area contributed by atoms with Crippen molar-refractivity contribution in [1.29, 1.82) is 0 Å². The lowest BCUT2D eigenvalue weighted by Crippen LogP contribution is -2.48. The number of sulfonamides is 1. The van der Waals surface area contributed by atoms with Crippen molar-refractivity contribution in [2.75, 3.05) is 13.1 Å². The van der Waals surface area contributed by atoms with Crippen molar-refractivity contribution in [1.82, 2.24) is 19.2 Å². The van der Waals surface area contributed by atoms with E-state index < -0.39 is 28.5 Å². The van der Waals surface area contributed by atoms with Crippen molar-refractivity contribution in [3.05, 3.63) is 59.9 Å². The Morgan fingerprint density at radius 2 is 1.79 bits per heavy atom. The van der Waals surface area contributed by atoms with Gasteiger partial charge in [0.05, 0.1) is 34.2 Å². The fourth-order valence-electron chi connectivity index (χ4n) is 4.19. The highest BCUT2D eigenvalue weighted by atomic mass is 32.2. The summed E-state index contributed by atoms with van der Waals surface area (Å²) in [6.07, 6.45) is -0.500. The van der Waals surface area contributed by atoms with Crippen molar-refractivity contribution in [2.45, 2.75) is 50.5 Å². The Morgan fingerprint density at radius 3 is 2.47 bits per heavy atom. The number of carbonyl (C=O) groups is 1. The van der Waals surface area contributed by atoms with E-state index >= 15 is 0 Å². The molecule has 3 aromatic rings. The third-order valence-corrected chi connectivity index (χ3v) is 7.50. The Labute approximate surface area is 196 Å². The quantitative estimate of drug-likeness (QED) is 0.566. The molecule has 4 rings (SSSR count). The van der Waals surface area contributed by atoms with Crippen molar-refractivity contribution >= 4 is 27.0 Å². The number of rotatable bonds is 6. The molecule has 34 heavy (non-hydrogen) atoms. The molecule has 0 bridgehead atoms. The lowest BCUT2D eigenvalue weighted by molar-refractivity contribution is -0.0440. The van der Waals surface area contributed by atoms with E-state index in [1.807, 2.05) is 0 Å². The minimum Gasteiger partial charge on any atom is -0.373 e. The predicted molar refractivity (Wildman–Crippen MR) is 122 cm³/mol. The van der Waals surface area contributed by atoms with Crippen LogP contribution in [-0.4, -0.2) is 53.5 Å². The number of fused-ring (bicyclic) bond motifs is 1. The van der Waals surface area contributed by atoms with E-state index in [1.165, 1.54) is 34.6 Å². The minimum atomic E-state index is -3.84. The summed E-state index contributed by atoms with van der Waals surface area (Å²) in [5.41, 5.74) is 0.749. The molecule has 2 heterocycles. The zero-order chi connectivity index (χ0) is 24.6. The van der Waals surface area contributed by atoms with Crippen LogP contribution in [-0.2, 0) is 14.8 Å². The number of nitrogens with one attached hydrogen (secondary N) is 1. The van der Waals surface area contributed by atoms with Gasteiger partial charge in [-0.2, -0.15) is 13.1 Å². The maximum atomic E-state index is 13.8. The van der Waals surface area contributed by atoms with Gasteiger partial charge in [-0.1, -0.05) is 18.2 Å². The number of alkyl halides is 2. The van der Waals surface area contributed by atoms with Crippen molar-refractivity contribution in [3.63, 3.8) is 0 Å². The van der Waals surface area contributed by atoms with E-state index in [-0.39, 0.29) is 47.1 Å². The Kier molecular flexibility index (Phi) is 6.70. The summed E-state index contributed by atoms with van der Waals surface area (Å²) in [6.45, 7) is 2.74. The number of benzene rings is 2. The summed E-state index contributed by atoms with van der Waals surface area (Å²) in [4.78, 5) is 17.2. The van der Waals surface area contributed by atoms with Crippen molar-refractivity contribution in [2.24, 2.45) is 0 Å². The van der Waals surface area contributed by atoms with Gasteiger partial charge in [-0.05, 0) is 51.1 Å². The lowest BCUT2D eigenvalue weighted by Gasteiger charge is -2.34. The Bertz CT molecular complexity index is 1300. The number of para-hydroxylation sites is 2. The number of ether oxygens (including phenoxy) is 1. The molecule has 0 aliphatic carbocycles. The standard InChI is InChI=1S/C23H26F2N4O4S/c1-14-12-28(13-15(2)33-14)34(31,32)18-8-6-7-17(11-18)22(30)26-16(3)21-27-19-9-4-5-10-20(19)29(21)23(24)25/h4-11,14-16,23H,12-13H2,1-3H3,(H,26,30). The van der Waals surface area contributed by atoms with Gasteiger partial charge in [0.15, 0.2) is 0 Å². The molecule has 1 saturated heterocycles. The van der Waals surface area contributed by atoms with Crippen molar-refractivity contribution < 1.29 is 26.7 Å². The van der Waals surface area contributed by atoms with Gasteiger partial charge >= 0.3 is 6.55 Å². The van der Waals surface area contributed by atoms with Crippen LogP contribution in [0.5, 0.6) is 0 Å². The first kappa shape index (κ1) is 24.2. The van der Waals surface area contributed by atoms with Crippen LogP contribution in [0.2, 0.25) is 0 Å². The number of imidazole rings is 1. The SMILES string of the molecule is CC1CN(S(=O)(=O)c2cccc(C(=O)NC(C)c3nc4ccccc4n3C(F)F)c2)CC(C)O1. The molecule has 8 nitrogen and oxygen atoms in total. The summed E-state index contributed by atoms with van der Waals surface area (Å²) in [7, 11) is -3.84. The van der Waals surface area contributed by atoms with Gasteiger partial charge in [-0.3, -0.25) is 9.36 Å². The Balaban J connectivity index is 1.58. The molecular formula is C23H26F2N4O4S. The minimum absolute atomic E-state index is 0.00428. The van der Waals surface area contributed by atoms with Gasteiger partial charge in [-0.25, -0.2) is 13.4 Å². The van der Waals surface area contributed by atoms with Crippen LogP contribution < -0.4 is 5.32 Å².